The topological polar surface area (TPSA) is 92.7 Å². The van der Waals surface area contributed by atoms with Crippen LogP contribution in [0.1, 0.15) is 21.8 Å². The van der Waals surface area contributed by atoms with Crippen LogP contribution in [0.5, 0.6) is 0 Å². The van der Waals surface area contributed by atoms with E-state index in [0.29, 0.717) is 0 Å². The molecule has 0 aliphatic rings. The van der Waals surface area contributed by atoms with Gasteiger partial charge in [0.25, 0.3) is 6.47 Å². The molecule has 8 radical (unpaired) electrons. The lowest BCUT2D eigenvalue weighted by Crippen LogP contribution is -2.38. The van der Waals surface area contributed by atoms with E-state index in [0.717, 1.165) is 0 Å². The lowest BCUT2D eigenvalue weighted by atomic mass is 9.87. The maximum Gasteiger partial charge on any atom is 0.306 e. The van der Waals surface area contributed by atoms with E-state index in [2.05, 4.69) is 10.1 Å². The highest BCUT2D eigenvalue weighted by Gasteiger charge is 2.21. The minimum atomic E-state index is -1.65. The highest BCUT2D eigenvalue weighted by molar-refractivity contribution is 6.34. The van der Waals surface area contributed by atoms with Crippen molar-refractivity contribution < 1.29 is 24.2 Å². The zero-order chi connectivity index (χ0) is 10.4. The van der Waals surface area contributed by atoms with Gasteiger partial charge in [-0.1, -0.05) is 14.9 Å². The van der Waals surface area contributed by atoms with Crippen molar-refractivity contribution >= 4 is 43.0 Å². The first kappa shape index (κ1) is 29.6. The summed E-state index contributed by atoms with van der Waals surface area (Å²) in [5.74, 6) is -4.02. The lowest BCUT2D eigenvalue weighted by molar-refractivity contribution is -0.142. The molecule has 0 bridgehead atoms. The largest absolute Gasteiger partial charge is 0.481 e. The number of amides is 1. The maximum absolute atomic E-state index is 10.9. The molecule has 0 spiro atoms. The molecule has 6 nitrogen and oxygen atoms in total. The predicted octanol–water partition coefficient (Wildman–Crippen LogP) is -0.826. The molecule has 0 aromatic rings. The van der Waals surface area contributed by atoms with Gasteiger partial charge in [0.2, 0.25) is 5.91 Å². The Kier molecular flexibility index (Phi) is 25.4. The molecule has 0 aromatic carbocycles. The number of carbonyl (C=O) groups is 3. The fourth-order valence-electron chi connectivity index (χ4n) is 0.520. The molecule has 0 saturated heterocycles. The van der Waals surface area contributed by atoms with Gasteiger partial charge in [-0.15, -0.1) is 0 Å². The smallest absolute Gasteiger partial charge is 0.306 e. The Labute approximate surface area is 107 Å². The van der Waals surface area contributed by atoms with Gasteiger partial charge in [0.05, 0.1) is 13.7 Å². The minimum Gasteiger partial charge on any atom is -0.481 e. The highest BCUT2D eigenvalue weighted by Crippen LogP contribution is 1.98. The zero-order valence-corrected chi connectivity index (χ0v) is 8.04. The summed E-state index contributed by atoms with van der Waals surface area (Å²) in [6, 6.07) is 0. The van der Waals surface area contributed by atoms with Crippen LogP contribution in [-0.4, -0.2) is 54.4 Å². The number of carbonyl (C=O) groups excluding carboxylic acids is 2. The van der Waals surface area contributed by atoms with Crippen LogP contribution in [0.3, 0.4) is 0 Å². The summed E-state index contributed by atoms with van der Waals surface area (Å²) >= 11 is 0. The molecule has 17 heavy (non-hydrogen) atoms. The van der Waals surface area contributed by atoms with Gasteiger partial charge < -0.3 is 15.2 Å². The molecule has 0 saturated carbocycles. The van der Waals surface area contributed by atoms with Crippen LogP contribution < -0.4 is 5.32 Å². The standard InChI is InChI=1S/C6H8BNO5.2CH4.2B/c1-3(13-2-9)8-5(10)4(7)6(11)12;;;;/h2-4H,1H3,(H,8,10)(H,11,12);2*1H4;;. The summed E-state index contributed by atoms with van der Waals surface area (Å²) in [4.78, 5) is 30.8. The van der Waals surface area contributed by atoms with Crippen molar-refractivity contribution in [1.29, 1.82) is 0 Å². The van der Waals surface area contributed by atoms with Crippen LogP contribution in [0.15, 0.2) is 0 Å². The number of hydrogen-bond acceptors (Lipinski definition) is 4. The van der Waals surface area contributed by atoms with E-state index in [1.165, 1.54) is 6.92 Å². The second-order valence-electron chi connectivity index (χ2n) is 2.20. The Morgan fingerprint density at radius 1 is 1.35 bits per heavy atom. The van der Waals surface area contributed by atoms with E-state index in [4.69, 9.17) is 13.0 Å². The second-order valence-corrected chi connectivity index (χ2v) is 2.20. The SMILES string of the molecule is C.C.[B].[B].[B]C(C(=O)O)C(=O)NC(C)OC=O. The summed E-state index contributed by atoms with van der Waals surface area (Å²) in [7, 11) is 4.95. The lowest BCUT2D eigenvalue weighted by Gasteiger charge is -2.13. The number of carboxylic acid groups (broad SMARTS) is 1. The quantitative estimate of drug-likeness (QED) is 0.282. The van der Waals surface area contributed by atoms with Crippen molar-refractivity contribution in [3.05, 3.63) is 0 Å². The molecule has 0 aliphatic carbocycles. The maximum atomic E-state index is 10.9. The van der Waals surface area contributed by atoms with Crippen molar-refractivity contribution in [3.63, 3.8) is 0 Å². The molecule has 92 valence electrons. The molecule has 0 aromatic heterocycles. The van der Waals surface area contributed by atoms with Crippen LogP contribution in [0.25, 0.3) is 0 Å². The van der Waals surface area contributed by atoms with Crippen LogP contribution in [0.2, 0.25) is 5.82 Å². The van der Waals surface area contributed by atoms with Gasteiger partial charge in [-0.05, 0) is 6.92 Å². The molecule has 0 fully saturated rings. The zero-order valence-electron chi connectivity index (χ0n) is 8.04. The van der Waals surface area contributed by atoms with E-state index < -0.39 is 23.9 Å². The first-order valence-electron chi connectivity index (χ1n) is 3.37. The third kappa shape index (κ3) is 12.5. The van der Waals surface area contributed by atoms with Crippen molar-refractivity contribution in [2.75, 3.05) is 0 Å². The van der Waals surface area contributed by atoms with Gasteiger partial charge in [-0.3, -0.25) is 14.4 Å². The van der Waals surface area contributed by atoms with Gasteiger partial charge >= 0.3 is 5.97 Å². The number of ether oxygens (including phenoxy) is 1. The highest BCUT2D eigenvalue weighted by atomic mass is 16.5. The Balaban J connectivity index is -0.000000120. The molecule has 2 unspecified atom stereocenters. The third-order valence-electron chi connectivity index (χ3n) is 1.15. The second kappa shape index (κ2) is 14.6. The number of hydrogen-bond donors (Lipinski definition) is 2. The normalized spacial score (nSPS) is 10.6. The number of nitrogens with one attached hydrogen (secondary N) is 1. The molecule has 2 atom stereocenters. The number of aliphatic carboxylic acids is 1. The van der Waals surface area contributed by atoms with E-state index in [-0.39, 0.29) is 38.2 Å². The molecule has 0 aliphatic heterocycles. The van der Waals surface area contributed by atoms with Crippen LogP contribution in [-0.2, 0) is 19.1 Å². The van der Waals surface area contributed by atoms with Crippen LogP contribution in [0.4, 0.5) is 0 Å². The Morgan fingerprint density at radius 3 is 2.06 bits per heavy atom. The summed E-state index contributed by atoms with van der Waals surface area (Å²) in [5.41, 5.74) is 0. The summed E-state index contributed by atoms with van der Waals surface area (Å²) in [6.45, 7) is 1.50. The Hall–Kier alpha value is -1.40. The first-order valence-corrected chi connectivity index (χ1v) is 3.37. The molecular weight excluding hydrogens is 223 g/mol. The summed E-state index contributed by atoms with van der Waals surface area (Å²) in [6.07, 6.45) is -0.893. The monoisotopic (exact) mass is 239 g/mol. The van der Waals surface area contributed by atoms with Gasteiger partial charge in [0.1, 0.15) is 0 Å². The van der Waals surface area contributed by atoms with Gasteiger partial charge in [0.15, 0.2) is 6.23 Å². The predicted molar refractivity (Wildman–Crippen MR) is 66.9 cm³/mol. The van der Waals surface area contributed by atoms with Gasteiger partial charge in [-0.25, -0.2) is 0 Å². The average molecular weight is 239 g/mol. The van der Waals surface area contributed by atoms with E-state index >= 15 is 0 Å². The number of carboxylic acids is 1. The van der Waals surface area contributed by atoms with E-state index in [9.17, 15) is 14.4 Å². The van der Waals surface area contributed by atoms with Crippen molar-refractivity contribution in [2.24, 2.45) is 0 Å². The average Bonchev–Trinajstić information content (AvgIpc) is 2.03. The fourth-order valence-corrected chi connectivity index (χ4v) is 0.520. The van der Waals surface area contributed by atoms with E-state index in [1.807, 2.05) is 0 Å². The van der Waals surface area contributed by atoms with Crippen LogP contribution in [0, 0.1) is 0 Å². The Morgan fingerprint density at radius 2 is 1.76 bits per heavy atom. The first-order chi connectivity index (χ1) is 5.99. The van der Waals surface area contributed by atoms with Crippen LogP contribution >= 0.6 is 0 Å². The molecule has 9 heteroatoms. The molecule has 0 rings (SSSR count). The minimum absolute atomic E-state index is 0. The summed E-state index contributed by atoms with van der Waals surface area (Å²) in [5, 5.41) is 10.4. The van der Waals surface area contributed by atoms with Crippen molar-refractivity contribution in [1.82, 2.24) is 5.32 Å². The van der Waals surface area contributed by atoms with Gasteiger partial charge in [0, 0.05) is 16.8 Å². The summed E-state index contributed by atoms with van der Waals surface area (Å²) < 4.78 is 4.28. The van der Waals surface area contributed by atoms with Crippen molar-refractivity contribution in [2.45, 2.75) is 33.8 Å². The van der Waals surface area contributed by atoms with E-state index in [1.54, 1.807) is 0 Å². The molecule has 0 heterocycles. The van der Waals surface area contributed by atoms with Crippen molar-refractivity contribution in [3.8, 4) is 0 Å². The Bertz CT molecular complexity index is 227. The third-order valence-corrected chi connectivity index (χ3v) is 1.15. The fraction of sp³-hybridized carbons (Fsp3) is 0.625. The molecule has 2 N–H and O–H groups in total. The molecule has 1 amide bonds. The van der Waals surface area contributed by atoms with Gasteiger partial charge in [-0.2, -0.15) is 0 Å². The number of rotatable bonds is 5. The molecular formula is C8H16B3NO5.